The first-order valence-corrected chi connectivity index (χ1v) is 6.21. The van der Waals surface area contributed by atoms with Crippen LogP contribution in [0.5, 0.6) is 11.5 Å². The Bertz CT molecular complexity index is 347. The van der Waals surface area contributed by atoms with E-state index in [1.807, 2.05) is 38.1 Å². The summed E-state index contributed by atoms with van der Waals surface area (Å²) in [6, 6.07) is 7.48. The molecule has 1 aromatic rings. The van der Waals surface area contributed by atoms with Gasteiger partial charge in [-0.25, -0.2) is 0 Å². The van der Waals surface area contributed by atoms with Crippen LogP contribution in [0, 0.1) is 5.41 Å². The smallest absolute Gasteiger partial charge is 0.161 e. The van der Waals surface area contributed by atoms with Crippen LogP contribution in [0.25, 0.3) is 0 Å². The minimum absolute atomic E-state index is 0.0556. The van der Waals surface area contributed by atoms with Crippen LogP contribution in [0.3, 0.4) is 0 Å². The van der Waals surface area contributed by atoms with Crippen molar-refractivity contribution in [2.45, 2.75) is 20.3 Å². The molecule has 0 amide bonds. The summed E-state index contributed by atoms with van der Waals surface area (Å²) in [7, 11) is 0. The molecule has 0 radical (unpaired) electrons. The van der Waals surface area contributed by atoms with Gasteiger partial charge in [-0.05, 0) is 25.5 Å². The second-order valence-electron chi connectivity index (χ2n) is 4.61. The van der Waals surface area contributed by atoms with Crippen molar-refractivity contribution in [2.24, 2.45) is 5.41 Å². The maximum absolute atomic E-state index is 9.18. The molecule has 0 aliphatic heterocycles. The van der Waals surface area contributed by atoms with Crippen molar-refractivity contribution in [1.82, 2.24) is 0 Å². The van der Waals surface area contributed by atoms with E-state index in [1.165, 1.54) is 0 Å². The Balaban J connectivity index is 2.53. The average molecular weight is 254 g/mol. The molecule has 4 nitrogen and oxygen atoms in total. The summed E-state index contributed by atoms with van der Waals surface area (Å²) in [6.45, 7) is 4.66. The molecule has 102 valence electrons. The van der Waals surface area contributed by atoms with Crippen molar-refractivity contribution in [2.75, 3.05) is 26.4 Å². The molecule has 0 atom stereocenters. The van der Waals surface area contributed by atoms with Gasteiger partial charge >= 0.3 is 0 Å². The molecule has 0 fully saturated rings. The van der Waals surface area contributed by atoms with E-state index in [0.717, 1.165) is 5.75 Å². The lowest BCUT2D eigenvalue weighted by atomic mass is 9.89. The predicted octanol–water partition coefficient (Wildman–Crippen LogP) is 1.85. The number of aliphatic hydroxyl groups excluding tert-OH is 2. The quantitative estimate of drug-likeness (QED) is 0.743. The molecule has 0 aliphatic rings. The fourth-order valence-electron chi connectivity index (χ4n) is 1.46. The van der Waals surface area contributed by atoms with Gasteiger partial charge in [-0.15, -0.1) is 0 Å². The van der Waals surface area contributed by atoms with Gasteiger partial charge in [0.1, 0.15) is 0 Å². The van der Waals surface area contributed by atoms with Crippen molar-refractivity contribution < 1.29 is 19.7 Å². The van der Waals surface area contributed by atoms with Crippen LogP contribution < -0.4 is 9.47 Å². The highest BCUT2D eigenvalue weighted by atomic mass is 16.5. The third-order valence-electron chi connectivity index (χ3n) is 2.88. The first-order valence-electron chi connectivity index (χ1n) is 6.21. The fraction of sp³-hybridized carbons (Fsp3) is 0.571. The monoisotopic (exact) mass is 254 g/mol. The fourth-order valence-corrected chi connectivity index (χ4v) is 1.46. The summed E-state index contributed by atoms with van der Waals surface area (Å²) in [5.41, 5.74) is -0.499. The van der Waals surface area contributed by atoms with Gasteiger partial charge < -0.3 is 19.7 Å². The summed E-state index contributed by atoms with van der Waals surface area (Å²) in [5.74, 6) is 1.41. The molecule has 18 heavy (non-hydrogen) atoms. The standard InChI is InChI=1S/C14H22O4/c1-3-17-12-6-4-5-7-13(12)18-9-8-14(2,10-15)11-16/h4-7,15-16H,3,8-11H2,1-2H3. The topological polar surface area (TPSA) is 58.9 Å². The average Bonchev–Trinajstić information content (AvgIpc) is 2.41. The van der Waals surface area contributed by atoms with Crippen LogP contribution >= 0.6 is 0 Å². The van der Waals surface area contributed by atoms with E-state index in [0.29, 0.717) is 25.4 Å². The molecule has 1 aromatic carbocycles. The number of aliphatic hydroxyl groups is 2. The van der Waals surface area contributed by atoms with E-state index < -0.39 is 5.41 Å². The number of ether oxygens (including phenoxy) is 2. The minimum atomic E-state index is -0.499. The highest BCUT2D eigenvalue weighted by Gasteiger charge is 2.22. The SMILES string of the molecule is CCOc1ccccc1OCCC(C)(CO)CO. The third kappa shape index (κ3) is 4.20. The maximum atomic E-state index is 9.18. The summed E-state index contributed by atoms with van der Waals surface area (Å²) < 4.78 is 11.1. The van der Waals surface area contributed by atoms with Gasteiger partial charge in [0.25, 0.3) is 0 Å². The summed E-state index contributed by atoms with van der Waals surface area (Å²) in [4.78, 5) is 0. The number of rotatable bonds is 8. The zero-order chi connectivity index (χ0) is 13.4. The molecule has 4 heteroatoms. The summed E-state index contributed by atoms with van der Waals surface area (Å²) >= 11 is 0. The Labute approximate surface area is 108 Å². The number of para-hydroxylation sites is 2. The van der Waals surface area contributed by atoms with Crippen LogP contribution in [0.15, 0.2) is 24.3 Å². The van der Waals surface area contributed by atoms with Crippen LogP contribution in [-0.4, -0.2) is 36.6 Å². The second-order valence-corrected chi connectivity index (χ2v) is 4.61. The molecule has 0 spiro atoms. The van der Waals surface area contributed by atoms with Crippen LogP contribution in [0.2, 0.25) is 0 Å². The molecule has 0 aliphatic carbocycles. The van der Waals surface area contributed by atoms with Gasteiger partial charge in [0.2, 0.25) is 0 Å². The molecule has 0 aromatic heterocycles. The van der Waals surface area contributed by atoms with Gasteiger partial charge in [-0.3, -0.25) is 0 Å². The Morgan fingerprint density at radius 3 is 2.11 bits per heavy atom. The van der Waals surface area contributed by atoms with Gasteiger partial charge in [0.05, 0.1) is 26.4 Å². The van der Waals surface area contributed by atoms with Gasteiger partial charge in [0, 0.05) is 5.41 Å². The number of hydrogen-bond acceptors (Lipinski definition) is 4. The molecular weight excluding hydrogens is 232 g/mol. The second kappa shape index (κ2) is 7.24. The first-order chi connectivity index (χ1) is 8.65. The Kier molecular flexibility index (Phi) is 5.95. The van der Waals surface area contributed by atoms with Crippen molar-refractivity contribution in [3.05, 3.63) is 24.3 Å². The largest absolute Gasteiger partial charge is 0.490 e. The molecular formula is C14H22O4. The lowest BCUT2D eigenvalue weighted by Crippen LogP contribution is -2.28. The van der Waals surface area contributed by atoms with E-state index in [2.05, 4.69) is 0 Å². The highest BCUT2D eigenvalue weighted by Crippen LogP contribution is 2.27. The molecule has 0 saturated carbocycles. The van der Waals surface area contributed by atoms with Crippen molar-refractivity contribution in [3.8, 4) is 11.5 Å². The lowest BCUT2D eigenvalue weighted by Gasteiger charge is -2.24. The van der Waals surface area contributed by atoms with Crippen LogP contribution in [0.4, 0.5) is 0 Å². The molecule has 0 unspecified atom stereocenters. The zero-order valence-corrected chi connectivity index (χ0v) is 11.1. The minimum Gasteiger partial charge on any atom is -0.490 e. The summed E-state index contributed by atoms with van der Waals surface area (Å²) in [6.07, 6.45) is 0.584. The zero-order valence-electron chi connectivity index (χ0n) is 11.1. The Hall–Kier alpha value is -1.26. The molecule has 0 bridgehead atoms. The molecule has 0 heterocycles. The molecule has 2 N–H and O–H groups in total. The van der Waals surface area contributed by atoms with E-state index in [-0.39, 0.29) is 13.2 Å². The predicted molar refractivity (Wildman–Crippen MR) is 70.0 cm³/mol. The lowest BCUT2D eigenvalue weighted by molar-refractivity contribution is 0.0502. The van der Waals surface area contributed by atoms with Gasteiger partial charge in [0.15, 0.2) is 11.5 Å². The van der Waals surface area contributed by atoms with Gasteiger partial charge in [-0.2, -0.15) is 0 Å². The number of benzene rings is 1. The third-order valence-corrected chi connectivity index (χ3v) is 2.88. The van der Waals surface area contributed by atoms with E-state index in [4.69, 9.17) is 9.47 Å². The highest BCUT2D eigenvalue weighted by molar-refractivity contribution is 5.39. The first kappa shape index (κ1) is 14.8. The Morgan fingerprint density at radius 2 is 1.61 bits per heavy atom. The maximum Gasteiger partial charge on any atom is 0.161 e. The van der Waals surface area contributed by atoms with Crippen molar-refractivity contribution >= 4 is 0 Å². The van der Waals surface area contributed by atoms with Crippen molar-refractivity contribution in [3.63, 3.8) is 0 Å². The van der Waals surface area contributed by atoms with Crippen molar-refractivity contribution in [1.29, 1.82) is 0 Å². The normalized spacial score (nSPS) is 11.3. The van der Waals surface area contributed by atoms with E-state index >= 15 is 0 Å². The van der Waals surface area contributed by atoms with E-state index in [1.54, 1.807) is 0 Å². The van der Waals surface area contributed by atoms with Gasteiger partial charge in [-0.1, -0.05) is 19.1 Å². The molecule has 1 rings (SSSR count). The summed E-state index contributed by atoms with van der Waals surface area (Å²) in [5, 5.41) is 18.4. The Morgan fingerprint density at radius 1 is 1.06 bits per heavy atom. The molecule has 0 saturated heterocycles. The van der Waals surface area contributed by atoms with E-state index in [9.17, 15) is 10.2 Å². The number of hydrogen-bond donors (Lipinski definition) is 2. The van der Waals surface area contributed by atoms with Crippen LogP contribution in [-0.2, 0) is 0 Å². The van der Waals surface area contributed by atoms with Crippen LogP contribution in [0.1, 0.15) is 20.3 Å².